The third-order valence-corrected chi connectivity index (χ3v) is 7.63. The summed E-state index contributed by atoms with van der Waals surface area (Å²) in [6.07, 6.45) is 3.53. The van der Waals surface area contributed by atoms with E-state index < -0.39 is 16.0 Å². The Bertz CT molecular complexity index is 1140. The number of carbonyl (C=O) groups excluding carboxylic acids is 2. The molecular weight excluding hydrogens is 444 g/mol. The molecule has 0 atom stereocenters. The fourth-order valence-electron chi connectivity index (χ4n) is 3.83. The predicted octanol–water partition coefficient (Wildman–Crippen LogP) is 1.85. The van der Waals surface area contributed by atoms with Crippen LogP contribution < -0.4 is 0 Å². The zero-order valence-electron chi connectivity index (χ0n) is 18.2. The highest BCUT2D eigenvalue weighted by Gasteiger charge is 2.26. The Kier molecular flexibility index (Phi) is 7.22. The van der Waals surface area contributed by atoms with Gasteiger partial charge in [0.1, 0.15) is 0 Å². The monoisotopic (exact) mass is 470 g/mol. The number of hydrogen-bond donors (Lipinski definition) is 0. The van der Waals surface area contributed by atoms with Gasteiger partial charge in [0.15, 0.2) is 6.61 Å². The van der Waals surface area contributed by atoms with Crippen molar-refractivity contribution in [2.45, 2.75) is 17.9 Å². The summed E-state index contributed by atoms with van der Waals surface area (Å²) < 4.78 is 37.0. The molecule has 0 radical (unpaired) electrons. The van der Waals surface area contributed by atoms with Gasteiger partial charge in [0, 0.05) is 32.3 Å². The maximum Gasteiger partial charge on any atom is 0.331 e. The van der Waals surface area contributed by atoms with E-state index in [2.05, 4.69) is 6.07 Å². The second kappa shape index (κ2) is 10.3. The largest absolute Gasteiger partial charge is 0.452 e. The van der Waals surface area contributed by atoms with Gasteiger partial charge in [0.25, 0.3) is 5.91 Å². The molecule has 9 heteroatoms. The summed E-state index contributed by atoms with van der Waals surface area (Å²) in [6.45, 7) is 2.23. The molecule has 0 aromatic heterocycles. The number of amides is 1. The Morgan fingerprint density at radius 3 is 2.39 bits per heavy atom. The van der Waals surface area contributed by atoms with Crippen LogP contribution in [0.4, 0.5) is 0 Å². The van der Waals surface area contributed by atoms with Crippen LogP contribution in [0.5, 0.6) is 0 Å². The second-order valence-electron chi connectivity index (χ2n) is 7.86. The predicted molar refractivity (Wildman–Crippen MR) is 122 cm³/mol. The van der Waals surface area contributed by atoms with Crippen molar-refractivity contribution in [3.05, 3.63) is 71.3 Å². The molecule has 0 bridgehead atoms. The molecule has 0 unspecified atom stereocenters. The van der Waals surface area contributed by atoms with Crippen LogP contribution in [0.25, 0.3) is 6.08 Å². The van der Waals surface area contributed by atoms with Crippen molar-refractivity contribution >= 4 is 28.0 Å². The highest BCUT2D eigenvalue weighted by Crippen LogP contribution is 2.19. The van der Waals surface area contributed by atoms with Crippen molar-refractivity contribution in [3.63, 3.8) is 0 Å². The number of morpholine rings is 1. The molecule has 2 aliphatic heterocycles. The van der Waals surface area contributed by atoms with Crippen LogP contribution in [0.2, 0.25) is 0 Å². The minimum atomic E-state index is -3.56. The van der Waals surface area contributed by atoms with Gasteiger partial charge in [-0.3, -0.25) is 4.79 Å². The number of fused-ring (bicyclic) bond motifs is 1. The lowest BCUT2D eigenvalue weighted by Crippen LogP contribution is -2.40. The third-order valence-electron chi connectivity index (χ3n) is 5.72. The number of esters is 1. The number of rotatable bonds is 6. The first-order chi connectivity index (χ1) is 15.9. The summed E-state index contributed by atoms with van der Waals surface area (Å²) in [5.74, 6) is -0.866. The number of sulfonamides is 1. The van der Waals surface area contributed by atoms with Crippen molar-refractivity contribution in [2.75, 3.05) is 39.5 Å². The van der Waals surface area contributed by atoms with E-state index in [0.717, 1.165) is 12.0 Å². The molecule has 4 rings (SSSR count). The number of carbonyl (C=O) groups is 2. The number of ether oxygens (including phenoxy) is 2. The molecule has 8 nitrogen and oxygen atoms in total. The van der Waals surface area contributed by atoms with Gasteiger partial charge in [-0.2, -0.15) is 4.31 Å². The van der Waals surface area contributed by atoms with Gasteiger partial charge in [-0.1, -0.05) is 36.4 Å². The Balaban J connectivity index is 1.28. The molecular formula is C24H26N2O6S. The van der Waals surface area contributed by atoms with Crippen molar-refractivity contribution in [1.29, 1.82) is 0 Å². The molecule has 2 aromatic carbocycles. The van der Waals surface area contributed by atoms with Crippen LogP contribution in [-0.4, -0.2) is 69.0 Å². The molecule has 33 heavy (non-hydrogen) atoms. The SMILES string of the molecule is O=C(/C=C/c1ccc(S(=O)(=O)N2CCOCC2)cc1)OCC(=O)N1CCc2ccccc2C1. The van der Waals surface area contributed by atoms with Crippen LogP contribution in [0.3, 0.4) is 0 Å². The van der Waals surface area contributed by atoms with Gasteiger partial charge < -0.3 is 14.4 Å². The van der Waals surface area contributed by atoms with E-state index in [0.29, 0.717) is 45.0 Å². The van der Waals surface area contributed by atoms with Gasteiger partial charge in [0.05, 0.1) is 18.1 Å². The minimum Gasteiger partial charge on any atom is -0.452 e. The number of nitrogens with zero attached hydrogens (tertiary/aromatic N) is 2. The van der Waals surface area contributed by atoms with Crippen LogP contribution in [0.15, 0.2) is 59.5 Å². The first-order valence-electron chi connectivity index (χ1n) is 10.8. The van der Waals surface area contributed by atoms with Gasteiger partial charge in [-0.15, -0.1) is 0 Å². The van der Waals surface area contributed by atoms with E-state index in [-0.39, 0.29) is 17.4 Å². The molecule has 0 N–H and O–H groups in total. The third kappa shape index (κ3) is 5.68. The van der Waals surface area contributed by atoms with Gasteiger partial charge in [-0.25, -0.2) is 13.2 Å². The standard InChI is InChI=1S/C24H26N2O6S/c27-23(25-12-11-20-3-1-2-4-21(20)17-25)18-32-24(28)10-7-19-5-8-22(9-6-19)33(29,30)26-13-15-31-16-14-26/h1-10H,11-18H2/b10-7+. The van der Waals surface area contributed by atoms with Crippen LogP contribution in [0, 0.1) is 0 Å². The lowest BCUT2D eigenvalue weighted by Gasteiger charge is -2.28. The van der Waals surface area contributed by atoms with Crippen molar-refractivity contribution in [2.24, 2.45) is 0 Å². The highest BCUT2D eigenvalue weighted by atomic mass is 32.2. The molecule has 0 aliphatic carbocycles. The normalized spacial score (nSPS) is 17.0. The molecule has 2 aliphatic rings. The second-order valence-corrected chi connectivity index (χ2v) is 9.80. The minimum absolute atomic E-state index is 0.192. The average Bonchev–Trinajstić information content (AvgIpc) is 2.86. The smallest absolute Gasteiger partial charge is 0.331 e. The Morgan fingerprint density at radius 2 is 1.67 bits per heavy atom. The summed E-state index contributed by atoms with van der Waals surface area (Å²) in [7, 11) is -3.56. The van der Waals surface area contributed by atoms with E-state index >= 15 is 0 Å². The van der Waals surface area contributed by atoms with E-state index in [1.54, 1.807) is 17.0 Å². The summed E-state index contributed by atoms with van der Waals surface area (Å²) in [5.41, 5.74) is 3.00. The Morgan fingerprint density at radius 1 is 0.970 bits per heavy atom. The molecule has 0 saturated carbocycles. The zero-order chi connectivity index (χ0) is 23.3. The first-order valence-corrected chi connectivity index (χ1v) is 12.2. The van der Waals surface area contributed by atoms with Gasteiger partial charge in [0.2, 0.25) is 10.0 Å². The maximum atomic E-state index is 12.7. The van der Waals surface area contributed by atoms with E-state index in [1.165, 1.54) is 34.2 Å². The Hall–Kier alpha value is -3.01. The summed E-state index contributed by atoms with van der Waals surface area (Å²) in [6, 6.07) is 14.2. The molecule has 1 saturated heterocycles. The highest BCUT2D eigenvalue weighted by molar-refractivity contribution is 7.89. The molecule has 174 valence electrons. The number of benzene rings is 2. The average molecular weight is 471 g/mol. The van der Waals surface area contributed by atoms with Gasteiger partial charge in [-0.05, 0) is 41.3 Å². The van der Waals surface area contributed by atoms with Crippen molar-refractivity contribution in [1.82, 2.24) is 9.21 Å². The summed E-state index contributed by atoms with van der Waals surface area (Å²) >= 11 is 0. The maximum absolute atomic E-state index is 12.7. The summed E-state index contributed by atoms with van der Waals surface area (Å²) in [5, 5.41) is 0. The molecule has 1 fully saturated rings. The number of hydrogen-bond acceptors (Lipinski definition) is 6. The van der Waals surface area contributed by atoms with Crippen molar-refractivity contribution < 1.29 is 27.5 Å². The molecule has 0 spiro atoms. The molecule has 2 heterocycles. The van der Waals surface area contributed by atoms with Crippen molar-refractivity contribution in [3.8, 4) is 0 Å². The Labute approximate surface area is 193 Å². The van der Waals surface area contributed by atoms with Crippen LogP contribution >= 0.6 is 0 Å². The van der Waals surface area contributed by atoms with E-state index in [1.807, 2.05) is 18.2 Å². The fraction of sp³-hybridized carbons (Fsp3) is 0.333. The zero-order valence-corrected chi connectivity index (χ0v) is 19.0. The van der Waals surface area contributed by atoms with Gasteiger partial charge >= 0.3 is 5.97 Å². The quantitative estimate of drug-likeness (QED) is 0.473. The van der Waals surface area contributed by atoms with Crippen LogP contribution in [-0.2, 0) is 42.1 Å². The lowest BCUT2D eigenvalue weighted by atomic mass is 10.00. The fourth-order valence-corrected chi connectivity index (χ4v) is 5.24. The van der Waals surface area contributed by atoms with E-state index in [9.17, 15) is 18.0 Å². The van der Waals surface area contributed by atoms with Crippen LogP contribution in [0.1, 0.15) is 16.7 Å². The molecule has 2 aromatic rings. The first kappa shape index (κ1) is 23.2. The summed E-state index contributed by atoms with van der Waals surface area (Å²) in [4.78, 5) is 26.3. The molecule has 1 amide bonds. The van der Waals surface area contributed by atoms with E-state index in [4.69, 9.17) is 9.47 Å². The topological polar surface area (TPSA) is 93.2 Å². The lowest BCUT2D eigenvalue weighted by molar-refractivity contribution is -0.148.